The quantitative estimate of drug-likeness (QED) is 0.389. The molecule has 1 amide bonds. The van der Waals surface area contributed by atoms with Gasteiger partial charge in [0, 0.05) is 6.08 Å². The molecule has 0 unspecified atom stereocenters. The molecule has 0 bridgehead atoms. The van der Waals surface area contributed by atoms with E-state index >= 15 is 0 Å². The number of unbranched alkanes of at least 4 members (excludes halogenated alkanes) is 1. The molecule has 0 aliphatic rings. The normalized spacial score (nSPS) is 10.3. The fourth-order valence-corrected chi connectivity index (χ4v) is 1.19. The molecule has 0 aliphatic heterocycles. The van der Waals surface area contributed by atoms with Gasteiger partial charge in [-0.1, -0.05) is 13.2 Å². The fourth-order valence-electron chi connectivity index (χ4n) is 1.19. The number of carbonyl (C=O) groups is 3. The van der Waals surface area contributed by atoms with Crippen molar-refractivity contribution >= 4 is 17.8 Å². The number of carbonyl (C=O) groups excluding carboxylic acids is 3. The molecule has 0 radical (unpaired) electrons. The van der Waals surface area contributed by atoms with Crippen LogP contribution >= 0.6 is 0 Å². The van der Waals surface area contributed by atoms with Crippen molar-refractivity contribution in [2.45, 2.75) is 32.2 Å². The summed E-state index contributed by atoms with van der Waals surface area (Å²) >= 11 is 0. The molecule has 0 saturated heterocycles. The second kappa shape index (κ2) is 8.90. The van der Waals surface area contributed by atoms with Crippen LogP contribution in [0.3, 0.4) is 0 Å². The van der Waals surface area contributed by atoms with Gasteiger partial charge in [-0.25, -0.2) is 9.59 Å². The molecule has 0 spiro atoms. The van der Waals surface area contributed by atoms with E-state index in [1.54, 1.807) is 13.8 Å². The van der Waals surface area contributed by atoms with Gasteiger partial charge in [0.25, 0.3) is 0 Å². The molecule has 0 aromatic carbocycles. The van der Waals surface area contributed by atoms with E-state index in [0.29, 0.717) is 12.8 Å². The van der Waals surface area contributed by atoms with Crippen molar-refractivity contribution in [3.8, 4) is 0 Å². The summed E-state index contributed by atoms with van der Waals surface area (Å²) in [5.41, 5.74) is -1.11. The number of nitrogens with one attached hydrogen (secondary N) is 1. The Labute approximate surface area is 118 Å². The van der Waals surface area contributed by atoms with E-state index in [-0.39, 0.29) is 13.2 Å². The van der Waals surface area contributed by atoms with Crippen LogP contribution in [0.5, 0.6) is 0 Å². The fraction of sp³-hybridized carbons (Fsp3) is 0.500. The predicted molar refractivity (Wildman–Crippen MR) is 73.8 cm³/mol. The first-order valence-corrected chi connectivity index (χ1v) is 6.24. The molecule has 0 rings (SSSR count). The Hall–Kier alpha value is -2.11. The lowest BCUT2D eigenvalue weighted by Crippen LogP contribution is -2.50. The highest BCUT2D eigenvalue weighted by molar-refractivity contribution is 5.92. The van der Waals surface area contributed by atoms with Crippen LogP contribution in [0.4, 0.5) is 0 Å². The van der Waals surface area contributed by atoms with Gasteiger partial charge in [0.05, 0.1) is 13.2 Å². The van der Waals surface area contributed by atoms with E-state index in [1.807, 2.05) is 0 Å². The maximum atomic E-state index is 11.7. The summed E-state index contributed by atoms with van der Waals surface area (Å²) in [6, 6.07) is 0. The second-order valence-corrected chi connectivity index (χ2v) is 4.53. The van der Waals surface area contributed by atoms with Gasteiger partial charge in [-0.2, -0.15) is 0 Å². The lowest BCUT2D eigenvalue weighted by molar-refractivity contribution is -0.152. The molecular weight excluding hydrogens is 262 g/mol. The maximum Gasteiger partial charge on any atom is 0.331 e. The maximum absolute atomic E-state index is 11.7. The van der Waals surface area contributed by atoms with Gasteiger partial charge in [-0.15, -0.1) is 0 Å². The number of amides is 1. The summed E-state index contributed by atoms with van der Waals surface area (Å²) in [6.07, 6.45) is 3.31. The van der Waals surface area contributed by atoms with Crippen molar-refractivity contribution < 1.29 is 23.9 Å². The molecular formula is C14H21NO5. The highest BCUT2D eigenvalue weighted by atomic mass is 16.5. The monoisotopic (exact) mass is 283 g/mol. The van der Waals surface area contributed by atoms with Gasteiger partial charge in [0.15, 0.2) is 0 Å². The van der Waals surface area contributed by atoms with Crippen molar-refractivity contribution in [3.63, 3.8) is 0 Å². The largest absolute Gasteiger partial charge is 0.464 e. The Morgan fingerprint density at radius 1 is 1.05 bits per heavy atom. The minimum Gasteiger partial charge on any atom is -0.464 e. The van der Waals surface area contributed by atoms with Crippen LogP contribution in [0.15, 0.2) is 25.3 Å². The molecule has 1 N–H and O–H groups in total. The molecule has 6 nitrogen and oxygen atoms in total. The van der Waals surface area contributed by atoms with E-state index < -0.39 is 23.4 Å². The Morgan fingerprint density at radius 2 is 1.60 bits per heavy atom. The number of esters is 2. The third-order valence-corrected chi connectivity index (χ3v) is 2.31. The van der Waals surface area contributed by atoms with Crippen molar-refractivity contribution in [1.29, 1.82) is 0 Å². The van der Waals surface area contributed by atoms with Crippen molar-refractivity contribution in [3.05, 3.63) is 25.3 Å². The first-order valence-electron chi connectivity index (χ1n) is 6.24. The standard InChI is InChI=1S/C14H21NO5/c1-5-11(16)15-14(3,4)13(18)20-10-8-7-9-19-12(17)6-2/h5-6H,1-2,7-10H2,3-4H3,(H,15,16). The number of hydrogen-bond donors (Lipinski definition) is 1. The molecule has 112 valence electrons. The summed E-state index contributed by atoms with van der Waals surface area (Å²) in [5, 5.41) is 2.47. The molecule has 0 saturated carbocycles. The minimum atomic E-state index is -1.11. The molecule has 0 aromatic rings. The topological polar surface area (TPSA) is 81.7 Å². The summed E-state index contributed by atoms with van der Waals surface area (Å²) in [5.74, 6) is -1.45. The molecule has 6 heteroatoms. The Balaban J connectivity index is 3.87. The zero-order valence-electron chi connectivity index (χ0n) is 11.9. The van der Waals surface area contributed by atoms with Crippen LogP contribution in [-0.2, 0) is 23.9 Å². The highest BCUT2D eigenvalue weighted by Crippen LogP contribution is 2.06. The first kappa shape index (κ1) is 17.9. The number of ether oxygens (including phenoxy) is 2. The second-order valence-electron chi connectivity index (χ2n) is 4.53. The van der Waals surface area contributed by atoms with Crippen molar-refractivity contribution in [1.82, 2.24) is 5.32 Å². The van der Waals surface area contributed by atoms with E-state index in [1.165, 1.54) is 0 Å². The molecule has 0 heterocycles. The van der Waals surface area contributed by atoms with E-state index in [0.717, 1.165) is 12.2 Å². The van der Waals surface area contributed by atoms with Crippen molar-refractivity contribution in [2.75, 3.05) is 13.2 Å². The van der Waals surface area contributed by atoms with Gasteiger partial charge in [0.2, 0.25) is 5.91 Å². The molecule has 0 aromatic heterocycles. The average molecular weight is 283 g/mol. The van der Waals surface area contributed by atoms with Crippen LogP contribution < -0.4 is 5.32 Å². The van der Waals surface area contributed by atoms with E-state index in [4.69, 9.17) is 9.47 Å². The third-order valence-electron chi connectivity index (χ3n) is 2.31. The zero-order valence-corrected chi connectivity index (χ0v) is 11.9. The Bertz CT molecular complexity index is 387. The van der Waals surface area contributed by atoms with E-state index in [9.17, 15) is 14.4 Å². The SMILES string of the molecule is C=CC(=O)NC(C)(C)C(=O)OCCCCOC(=O)C=C. The van der Waals surface area contributed by atoms with Gasteiger partial charge >= 0.3 is 11.9 Å². The summed E-state index contributed by atoms with van der Waals surface area (Å²) in [4.78, 5) is 33.6. The average Bonchev–Trinajstić information content (AvgIpc) is 2.41. The Morgan fingerprint density at radius 3 is 2.10 bits per heavy atom. The highest BCUT2D eigenvalue weighted by Gasteiger charge is 2.30. The van der Waals surface area contributed by atoms with E-state index in [2.05, 4.69) is 18.5 Å². The number of hydrogen-bond acceptors (Lipinski definition) is 5. The molecule has 0 aliphatic carbocycles. The first-order chi connectivity index (χ1) is 9.33. The zero-order chi connectivity index (χ0) is 15.6. The smallest absolute Gasteiger partial charge is 0.331 e. The third kappa shape index (κ3) is 7.35. The van der Waals surface area contributed by atoms with Crippen LogP contribution in [-0.4, -0.2) is 36.6 Å². The lowest BCUT2D eigenvalue weighted by atomic mass is 10.1. The summed E-state index contributed by atoms with van der Waals surface area (Å²) < 4.78 is 9.80. The van der Waals surface area contributed by atoms with Gasteiger partial charge < -0.3 is 14.8 Å². The van der Waals surface area contributed by atoms with Gasteiger partial charge in [-0.3, -0.25) is 4.79 Å². The molecule has 0 atom stereocenters. The van der Waals surface area contributed by atoms with Crippen LogP contribution in [0, 0.1) is 0 Å². The van der Waals surface area contributed by atoms with Gasteiger partial charge in [-0.05, 0) is 32.8 Å². The number of rotatable bonds is 9. The Kier molecular flexibility index (Phi) is 7.96. The molecule has 0 fully saturated rings. The summed E-state index contributed by atoms with van der Waals surface area (Å²) in [7, 11) is 0. The minimum absolute atomic E-state index is 0.192. The predicted octanol–water partition coefficient (Wildman–Crippen LogP) is 1.12. The van der Waals surface area contributed by atoms with Gasteiger partial charge in [0.1, 0.15) is 5.54 Å². The lowest BCUT2D eigenvalue weighted by Gasteiger charge is -2.23. The molecule has 20 heavy (non-hydrogen) atoms. The van der Waals surface area contributed by atoms with Crippen LogP contribution in [0.25, 0.3) is 0 Å². The van der Waals surface area contributed by atoms with Crippen LogP contribution in [0.2, 0.25) is 0 Å². The van der Waals surface area contributed by atoms with Crippen LogP contribution in [0.1, 0.15) is 26.7 Å². The van der Waals surface area contributed by atoms with Crippen molar-refractivity contribution in [2.24, 2.45) is 0 Å². The summed E-state index contributed by atoms with van der Waals surface area (Å²) in [6.45, 7) is 10.1.